The van der Waals surface area contributed by atoms with Gasteiger partial charge < -0.3 is 30.2 Å². The molecule has 11 heteroatoms. The zero-order valence-corrected chi connectivity index (χ0v) is 18.6. The third kappa shape index (κ3) is 11.2. The van der Waals surface area contributed by atoms with Crippen LogP contribution in [0.25, 0.3) is 10.4 Å². The van der Waals surface area contributed by atoms with Gasteiger partial charge in [-0.2, -0.15) is 0 Å². The molecule has 1 aromatic rings. The van der Waals surface area contributed by atoms with Crippen molar-refractivity contribution < 1.29 is 23.8 Å². The predicted molar refractivity (Wildman–Crippen MR) is 119 cm³/mol. The van der Waals surface area contributed by atoms with Crippen molar-refractivity contribution in [3.8, 4) is 17.6 Å². The number of nitrogens with one attached hydrogen (secondary N) is 3. The van der Waals surface area contributed by atoms with E-state index in [1.165, 1.54) is 0 Å². The second-order valence-electron chi connectivity index (χ2n) is 6.64. The van der Waals surface area contributed by atoms with Gasteiger partial charge in [-0.3, -0.25) is 9.59 Å². The van der Waals surface area contributed by atoms with Crippen molar-refractivity contribution in [2.75, 3.05) is 53.1 Å². The molecule has 0 radical (unpaired) electrons. The lowest BCUT2D eigenvalue weighted by molar-refractivity contribution is -0.127. The van der Waals surface area contributed by atoms with Gasteiger partial charge in [0.05, 0.1) is 19.8 Å². The maximum absolute atomic E-state index is 12.2. The number of hydrogen-bond acceptors (Lipinski definition) is 7. The standard InChI is InChI=1S/C21H30N6O5/c1-4-5-9-24-19(28)15-30-12-13-32-21(2,26-27-22)16-31-18-8-6-7-17(14-18)20(29)25-11-10-23-3/h6-8,14,23H,9-13,15-16H2,1-3H3,(H,24,28)(H,25,29). The molecular formula is C21H30N6O5. The highest BCUT2D eigenvalue weighted by molar-refractivity contribution is 5.94. The van der Waals surface area contributed by atoms with E-state index in [0.29, 0.717) is 24.4 Å². The molecule has 1 aromatic carbocycles. The van der Waals surface area contributed by atoms with Gasteiger partial charge in [0.2, 0.25) is 5.91 Å². The van der Waals surface area contributed by atoms with Crippen LogP contribution >= 0.6 is 0 Å². The molecule has 2 amide bonds. The minimum absolute atomic E-state index is 0.0782. The molecule has 1 unspecified atom stereocenters. The molecule has 0 bridgehead atoms. The molecule has 0 aromatic heterocycles. The van der Waals surface area contributed by atoms with E-state index in [1.54, 1.807) is 45.2 Å². The first-order valence-electron chi connectivity index (χ1n) is 10.0. The summed E-state index contributed by atoms with van der Waals surface area (Å²) >= 11 is 0. The summed E-state index contributed by atoms with van der Waals surface area (Å²) in [5, 5.41) is 12.0. The van der Waals surface area contributed by atoms with Crippen LogP contribution in [0.2, 0.25) is 0 Å². The van der Waals surface area contributed by atoms with Crippen molar-refractivity contribution in [1.82, 2.24) is 16.0 Å². The highest BCUT2D eigenvalue weighted by atomic mass is 16.6. The smallest absolute Gasteiger partial charge is 0.251 e. The molecule has 0 fully saturated rings. The van der Waals surface area contributed by atoms with E-state index < -0.39 is 5.72 Å². The zero-order chi connectivity index (χ0) is 23.7. The van der Waals surface area contributed by atoms with Gasteiger partial charge in [-0.15, -0.1) is 5.92 Å². The van der Waals surface area contributed by atoms with Gasteiger partial charge in [0, 0.05) is 23.6 Å². The van der Waals surface area contributed by atoms with Gasteiger partial charge >= 0.3 is 0 Å². The second-order valence-corrected chi connectivity index (χ2v) is 6.64. The van der Waals surface area contributed by atoms with Crippen molar-refractivity contribution in [3.63, 3.8) is 0 Å². The van der Waals surface area contributed by atoms with Crippen LogP contribution in [-0.4, -0.2) is 70.6 Å². The first-order valence-corrected chi connectivity index (χ1v) is 10.0. The maximum atomic E-state index is 12.2. The number of carbonyl (C=O) groups is 2. The van der Waals surface area contributed by atoms with E-state index >= 15 is 0 Å². The molecule has 3 N–H and O–H groups in total. The summed E-state index contributed by atoms with van der Waals surface area (Å²) in [5.74, 6) is 5.31. The van der Waals surface area contributed by atoms with Gasteiger partial charge in [0.1, 0.15) is 19.0 Å². The number of hydrogen-bond donors (Lipinski definition) is 3. The number of rotatable bonds is 15. The van der Waals surface area contributed by atoms with Crippen LogP contribution in [0.4, 0.5) is 0 Å². The molecule has 0 aliphatic carbocycles. The zero-order valence-electron chi connectivity index (χ0n) is 18.6. The number of ether oxygens (including phenoxy) is 3. The number of azide groups is 1. The average molecular weight is 447 g/mol. The summed E-state index contributed by atoms with van der Waals surface area (Å²) in [6.45, 7) is 4.65. The largest absolute Gasteiger partial charge is 0.490 e. The Balaban J connectivity index is 2.50. The van der Waals surface area contributed by atoms with E-state index in [2.05, 4.69) is 37.8 Å². The third-order valence-electron chi connectivity index (χ3n) is 3.94. The Morgan fingerprint density at radius 2 is 2.06 bits per heavy atom. The lowest BCUT2D eigenvalue weighted by Crippen LogP contribution is -2.35. The van der Waals surface area contributed by atoms with E-state index in [9.17, 15) is 9.59 Å². The van der Waals surface area contributed by atoms with Crippen LogP contribution in [0.5, 0.6) is 5.75 Å². The van der Waals surface area contributed by atoms with E-state index in [-0.39, 0.29) is 44.8 Å². The van der Waals surface area contributed by atoms with Gasteiger partial charge in [0.25, 0.3) is 5.91 Å². The Labute approximate surface area is 187 Å². The highest BCUT2D eigenvalue weighted by Crippen LogP contribution is 2.19. The van der Waals surface area contributed by atoms with E-state index in [0.717, 1.165) is 0 Å². The van der Waals surface area contributed by atoms with E-state index in [4.69, 9.17) is 19.7 Å². The normalized spacial score (nSPS) is 11.8. The van der Waals surface area contributed by atoms with Crippen LogP contribution in [0.1, 0.15) is 24.2 Å². The summed E-state index contributed by atoms with van der Waals surface area (Å²) in [6, 6.07) is 6.65. The number of likely N-dealkylation sites (N-methyl/N-ethyl adjacent to an activating group) is 1. The SMILES string of the molecule is CC#CCNC(=O)COCCOC(C)(COc1cccc(C(=O)NCCNC)c1)N=[N+]=[N-]. The molecule has 1 atom stereocenters. The maximum Gasteiger partial charge on any atom is 0.251 e. The molecule has 32 heavy (non-hydrogen) atoms. The highest BCUT2D eigenvalue weighted by Gasteiger charge is 2.25. The molecule has 1 rings (SSSR count). The molecule has 0 saturated carbocycles. The fraction of sp³-hybridized carbons (Fsp3) is 0.524. The molecule has 0 saturated heterocycles. The van der Waals surface area contributed by atoms with Crippen LogP contribution in [0.3, 0.4) is 0 Å². The third-order valence-corrected chi connectivity index (χ3v) is 3.94. The first-order chi connectivity index (χ1) is 15.4. The summed E-state index contributed by atoms with van der Waals surface area (Å²) in [6.07, 6.45) is 0. The number of carbonyl (C=O) groups excluding carboxylic acids is 2. The summed E-state index contributed by atoms with van der Waals surface area (Å²) in [4.78, 5) is 26.5. The van der Waals surface area contributed by atoms with Crippen LogP contribution < -0.4 is 20.7 Å². The molecule has 0 aliphatic rings. The van der Waals surface area contributed by atoms with Crippen molar-refractivity contribution in [3.05, 3.63) is 40.3 Å². The van der Waals surface area contributed by atoms with Gasteiger partial charge in [0.15, 0.2) is 5.72 Å². The molecular weight excluding hydrogens is 416 g/mol. The van der Waals surface area contributed by atoms with Gasteiger partial charge in [-0.05, 0) is 44.6 Å². The van der Waals surface area contributed by atoms with Crippen LogP contribution in [-0.2, 0) is 14.3 Å². The number of amides is 2. The molecule has 0 aliphatic heterocycles. The summed E-state index contributed by atoms with van der Waals surface area (Å²) in [7, 11) is 1.80. The van der Waals surface area contributed by atoms with Crippen molar-refractivity contribution in [1.29, 1.82) is 0 Å². The lowest BCUT2D eigenvalue weighted by atomic mass is 10.2. The summed E-state index contributed by atoms with van der Waals surface area (Å²) in [5.41, 5.74) is 8.01. The van der Waals surface area contributed by atoms with Crippen molar-refractivity contribution in [2.24, 2.45) is 5.11 Å². The molecule has 0 heterocycles. The Kier molecular flexibility index (Phi) is 13.0. The van der Waals surface area contributed by atoms with Gasteiger partial charge in [-0.25, -0.2) is 0 Å². The van der Waals surface area contributed by atoms with E-state index in [1.807, 2.05) is 0 Å². The van der Waals surface area contributed by atoms with Crippen molar-refractivity contribution in [2.45, 2.75) is 19.6 Å². The lowest BCUT2D eigenvalue weighted by Gasteiger charge is -2.24. The number of nitrogens with zero attached hydrogens (tertiary/aromatic N) is 3. The fourth-order valence-corrected chi connectivity index (χ4v) is 2.31. The minimum atomic E-state index is -1.30. The van der Waals surface area contributed by atoms with Gasteiger partial charge in [-0.1, -0.05) is 17.1 Å². The Morgan fingerprint density at radius 3 is 2.78 bits per heavy atom. The fourth-order valence-electron chi connectivity index (χ4n) is 2.31. The van der Waals surface area contributed by atoms with Crippen LogP contribution in [0.15, 0.2) is 29.4 Å². The summed E-state index contributed by atoms with van der Waals surface area (Å²) < 4.78 is 16.5. The Morgan fingerprint density at radius 1 is 1.25 bits per heavy atom. The Bertz CT molecular complexity index is 847. The van der Waals surface area contributed by atoms with Crippen LogP contribution in [0, 0.1) is 11.8 Å². The average Bonchev–Trinajstić information content (AvgIpc) is 2.78. The monoisotopic (exact) mass is 446 g/mol. The molecule has 11 nitrogen and oxygen atoms in total. The molecule has 174 valence electrons. The van der Waals surface area contributed by atoms with Crippen molar-refractivity contribution >= 4 is 11.8 Å². The predicted octanol–water partition coefficient (Wildman–Crippen LogP) is 1.21. The Hall–Kier alpha value is -3.29. The topological polar surface area (TPSA) is 147 Å². The second kappa shape index (κ2) is 15.5. The quantitative estimate of drug-likeness (QED) is 0.121. The minimum Gasteiger partial charge on any atom is -0.490 e. The number of benzene rings is 1. The first kappa shape index (κ1) is 26.7. The molecule has 0 spiro atoms.